The Morgan fingerprint density at radius 3 is 1.78 bits per heavy atom. The van der Waals surface area contributed by atoms with Crippen LogP contribution in [-0.4, -0.2) is 23.4 Å². The summed E-state index contributed by atoms with van der Waals surface area (Å²) >= 11 is 0. The molecule has 0 saturated heterocycles. The van der Waals surface area contributed by atoms with Crippen molar-refractivity contribution in [1.82, 2.24) is 0 Å². The van der Waals surface area contributed by atoms with E-state index < -0.39 is 5.41 Å². The summed E-state index contributed by atoms with van der Waals surface area (Å²) in [5.74, 6) is 0.243. The summed E-state index contributed by atoms with van der Waals surface area (Å²) in [5.41, 5.74) is 4.60. The molecular weight excluding hydrogens is 224 g/mol. The fourth-order valence-electron chi connectivity index (χ4n) is 2.57. The van der Waals surface area contributed by atoms with E-state index >= 15 is 0 Å². The zero-order chi connectivity index (χ0) is 13.9. The Balaban J connectivity index is 3.16. The van der Waals surface area contributed by atoms with Gasteiger partial charge in [-0.25, -0.2) is 0 Å². The van der Waals surface area contributed by atoms with E-state index in [9.17, 15) is 10.2 Å². The van der Waals surface area contributed by atoms with Gasteiger partial charge in [-0.15, -0.1) is 0 Å². The first-order valence-electron chi connectivity index (χ1n) is 6.64. The van der Waals surface area contributed by atoms with Gasteiger partial charge in [0.25, 0.3) is 0 Å². The Kier molecular flexibility index (Phi) is 4.94. The SMILES string of the molecule is Cc1cc(C)c(CC(CO)(CO)C(C)C)c(C)c1. The summed E-state index contributed by atoms with van der Waals surface area (Å²) in [6.45, 7) is 10.5. The summed E-state index contributed by atoms with van der Waals surface area (Å²) in [6.07, 6.45) is 0.732. The first-order valence-corrected chi connectivity index (χ1v) is 6.64. The normalized spacial score (nSPS) is 12.2. The Morgan fingerprint density at radius 1 is 1.00 bits per heavy atom. The van der Waals surface area contributed by atoms with Crippen LogP contribution in [0.5, 0.6) is 0 Å². The Morgan fingerprint density at radius 2 is 1.44 bits per heavy atom. The highest BCUT2D eigenvalue weighted by atomic mass is 16.3. The van der Waals surface area contributed by atoms with Crippen molar-refractivity contribution in [3.63, 3.8) is 0 Å². The molecule has 0 saturated carbocycles. The molecule has 18 heavy (non-hydrogen) atoms. The maximum Gasteiger partial charge on any atom is 0.0515 e. The van der Waals surface area contributed by atoms with Crippen molar-refractivity contribution in [3.05, 3.63) is 34.4 Å². The van der Waals surface area contributed by atoms with Crippen LogP contribution in [0.4, 0.5) is 0 Å². The van der Waals surface area contributed by atoms with E-state index in [1.807, 2.05) is 0 Å². The van der Waals surface area contributed by atoms with Crippen molar-refractivity contribution in [2.24, 2.45) is 11.3 Å². The number of benzene rings is 1. The third-order valence-corrected chi connectivity index (χ3v) is 4.22. The summed E-state index contributed by atoms with van der Waals surface area (Å²) in [6, 6.07) is 4.34. The average molecular weight is 250 g/mol. The molecule has 2 heteroatoms. The van der Waals surface area contributed by atoms with Crippen LogP contribution in [0.25, 0.3) is 0 Å². The maximum atomic E-state index is 9.68. The van der Waals surface area contributed by atoms with Gasteiger partial charge in [0.2, 0.25) is 0 Å². The smallest absolute Gasteiger partial charge is 0.0515 e. The number of aliphatic hydroxyl groups is 2. The minimum absolute atomic E-state index is 0.0217. The van der Waals surface area contributed by atoms with Crippen molar-refractivity contribution in [3.8, 4) is 0 Å². The fourth-order valence-corrected chi connectivity index (χ4v) is 2.57. The molecule has 102 valence electrons. The van der Waals surface area contributed by atoms with Crippen LogP contribution in [0.3, 0.4) is 0 Å². The van der Waals surface area contributed by atoms with Crippen LogP contribution in [0.15, 0.2) is 12.1 Å². The van der Waals surface area contributed by atoms with Gasteiger partial charge in [0, 0.05) is 5.41 Å². The first-order chi connectivity index (χ1) is 8.36. The molecule has 0 atom stereocenters. The molecule has 0 amide bonds. The molecule has 0 aliphatic carbocycles. The molecule has 1 rings (SSSR count). The molecule has 0 unspecified atom stereocenters. The molecule has 2 nitrogen and oxygen atoms in total. The lowest BCUT2D eigenvalue weighted by Crippen LogP contribution is -2.38. The van der Waals surface area contributed by atoms with Gasteiger partial charge in [-0.1, -0.05) is 31.5 Å². The molecule has 0 aliphatic heterocycles. The third-order valence-electron chi connectivity index (χ3n) is 4.22. The molecule has 0 aromatic heterocycles. The molecule has 0 aliphatic rings. The van der Waals surface area contributed by atoms with Crippen LogP contribution in [0.1, 0.15) is 36.1 Å². The monoisotopic (exact) mass is 250 g/mol. The summed E-state index contributed by atoms with van der Waals surface area (Å²) in [5, 5.41) is 19.4. The van der Waals surface area contributed by atoms with E-state index in [1.54, 1.807) is 0 Å². The summed E-state index contributed by atoms with van der Waals surface area (Å²) in [4.78, 5) is 0. The summed E-state index contributed by atoms with van der Waals surface area (Å²) in [7, 11) is 0. The minimum Gasteiger partial charge on any atom is -0.396 e. The predicted octanol–water partition coefficient (Wildman–Crippen LogP) is 2.78. The predicted molar refractivity (Wildman–Crippen MR) is 75.8 cm³/mol. The number of aliphatic hydroxyl groups excluding tert-OH is 2. The van der Waals surface area contributed by atoms with Gasteiger partial charge in [-0.2, -0.15) is 0 Å². The molecule has 0 spiro atoms. The second-order valence-electron chi connectivity index (χ2n) is 5.89. The van der Waals surface area contributed by atoms with E-state index in [2.05, 4.69) is 46.8 Å². The van der Waals surface area contributed by atoms with Crippen molar-refractivity contribution in [2.45, 2.75) is 41.0 Å². The maximum absolute atomic E-state index is 9.68. The lowest BCUT2D eigenvalue weighted by atomic mass is 9.72. The molecule has 1 aromatic rings. The standard InChI is InChI=1S/C16H26O2/c1-11(2)16(9-17,10-18)8-15-13(4)6-12(3)7-14(15)5/h6-7,11,17-18H,8-10H2,1-5H3. The van der Waals surface area contributed by atoms with Crippen LogP contribution in [-0.2, 0) is 6.42 Å². The number of rotatable bonds is 5. The van der Waals surface area contributed by atoms with E-state index in [1.165, 1.54) is 22.3 Å². The topological polar surface area (TPSA) is 40.5 Å². The van der Waals surface area contributed by atoms with Crippen LogP contribution in [0, 0.1) is 32.1 Å². The zero-order valence-electron chi connectivity index (χ0n) is 12.2. The first kappa shape index (κ1) is 15.2. The van der Waals surface area contributed by atoms with Gasteiger partial charge in [-0.3, -0.25) is 0 Å². The highest BCUT2D eigenvalue weighted by molar-refractivity contribution is 5.38. The van der Waals surface area contributed by atoms with Crippen molar-refractivity contribution in [2.75, 3.05) is 13.2 Å². The van der Waals surface area contributed by atoms with Gasteiger partial charge < -0.3 is 10.2 Å². The third kappa shape index (κ3) is 2.93. The van der Waals surface area contributed by atoms with Crippen molar-refractivity contribution in [1.29, 1.82) is 0 Å². The van der Waals surface area contributed by atoms with Crippen molar-refractivity contribution < 1.29 is 10.2 Å². The number of aryl methyl sites for hydroxylation is 3. The Labute approximate surface area is 111 Å². The largest absolute Gasteiger partial charge is 0.396 e. The van der Waals surface area contributed by atoms with E-state index in [4.69, 9.17) is 0 Å². The van der Waals surface area contributed by atoms with Gasteiger partial charge in [0.15, 0.2) is 0 Å². The molecule has 0 bridgehead atoms. The molecule has 0 fully saturated rings. The Hall–Kier alpha value is -0.860. The highest BCUT2D eigenvalue weighted by Crippen LogP contribution is 2.33. The minimum atomic E-state index is -0.426. The zero-order valence-corrected chi connectivity index (χ0v) is 12.2. The van der Waals surface area contributed by atoms with Crippen LogP contribution < -0.4 is 0 Å². The summed E-state index contributed by atoms with van der Waals surface area (Å²) < 4.78 is 0. The quantitative estimate of drug-likeness (QED) is 0.843. The van der Waals surface area contributed by atoms with Crippen LogP contribution in [0.2, 0.25) is 0 Å². The highest BCUT2D eigenvalue weighted by Gasteiger charge is 2.33. The lowest BCUT2D eigenvalue weighted by Gasteiger charge is -2.35. The second kappa shape index (κ2) is 5.85. The van der Waals surface area contributed by atoms with Gasteiger partial charge in [0.05, 0.1) is 13.2 Å². The fraction of sp³-hybridized carbons (Fsp3) is 0.625. The van der Waals surface area contributed by atoms with Gasteiger partial charge in [0.1, 0.15) is 0 Å². The van der Waals surface area contributed by atoms with E-state index in [0.29, 0.717) is 0 Å². The van der Waals surface area contributed by atoms with Gasteiger partial charge >= 0.3 is 0 Å². The second-order valence-corrected chi connectivity index (χ2v) is 5.89. The Bertz CT molecular complexity index is 381. The molecule has 1 aromatic carbocycles. The molecule has 2 N–H and O–H groups in total. The van der Waals surface area contributed by atoms with Crippen molar-refractivity contribution >= 4 is 0 Å². The lowest BCUT2D eigenvalue weighted by molar-refractivity contribution is 0.0161. The van der Waals surface area contributed by atoms with Crippen LogP contribution >= 0.6 is 0 Å². The van der Waals surface area contributed by atoms with E-state index in [-0.39, 0.29) is 19.1 Å². The van der Waals surface area contributed by atoms with E-state index in [0.717, 1.165) is 6.42 Å². The average Bonchev–Trinajstić information content (AvgIpc) is 2.28. The van der Waals surface area contributed by atoms with Gasteiger partial charge in [-0.05, 0) is 49.8 Å². The molecule has 0 heterocycles. The number of hydrogen-bond donors (Lipinski definition) is 2. The molecule has 0 radical (unpaired) electrons. The molecular formula is C16H26O2. The number of hydrogen-bond acceptors (Lipinski definition) is 2.